The van der Waals surface area contributed by atoms with Gasteiger partial charge in [-0.3, -0.25) is 4.79 Å². The van der Waals surface area contributed by atoms with Crippen molar-refractivity contribution in [3.05, 3.63) is 58.1 Å². The number of carbonyl (C=O) groups excluding carboxylic acids is 1. The van der Waals surface area contributed by atoms with E-state index in [4.69, 9.17) is 0 Å². The topological polar surface area (TPSA) is 34.4 Å². The summed E-state index contributed by atoms with van der Waals surface area (Å²) < 4.78 is 14.7. The molecule has 0 aliphatic carbocycles. The fraction of sp³-hybridized carbons (Fsp3) is 0.0769. The van der Waals surface area contributed by atoms with Crippen LogP contribution in [0, 0.1) is 5.82 Å². The SMILES string of the molecule is Cn1ccsc1=NC(=O)/C=C/c1cccc(F)c1. The molecule has 2 rings (SSSR count). The molecule has 0 fully saturated rings. The van der Waals surface area contributed by atoms with E-state index in [-0.39, 0.29) is 11.7 Å². The Morgan fingerprint density at radius 2 is 2.33 bits per heavy atom. The zero-order valence-corrected chi connectivity index (χ0v) is 10.5. The maximum atomic E-state index is 12.9. The minimum atomic E-state index is -0.364. The summed E-state index contributed by atoms with van der Waals surface area (Å²) in [4.78, 5) is 16.1. The summed E-state index contributed by atoms with van der Waals surface area (Å²) in [5.74, 6) is -0.691. The van der Waals surface area contributed by atoms with Gasteiger partial charge in [-0.1, -0.05) is 12.1 Å². The molecule has 1 aromatic carbocycles. The van der Waals surface area contributed by atoms with E-state index in [0.717, 1.165) is 0 Å². The van der Waals surface area contributed by atoms with E-state index in [1.807, 2.05) is 18.6 Å². The van der Waals surface area contributed by atoms with Gasteiger partial charge in [0.1, 0.15) is 5.82 Å². The second-order valence-corrected chi connectivity index (χ2v) is 4.51. The van der Waals surface area contributed by atoms with Crippen molar-refractivity contribution in [3.8, 4) is 0 Å². The van der Waals surface area contributed by atoms with Crippen LogP contribution in [0.1, 0.15) is 5.56 Å². The maximum Gasteiger partial charge on any atom is 0.272 e. The second kappa shape index (κ2) is 5.55. The van der Waals surface area contributed by atoms with Crippen molar-refractivity contribution in [1.29, 1.82) is 0 Å². The third-order valence-corrected chi connectivity index (χ3v) is 3.08. The van der Waals surface area contributed by atoms with Crippen molar-refractivity contribution >= 4 is 23.3 Å². The van der Waals surface area contributed by atoms with E-state index < -0.39 is 0 Å². The molecule has 2 aromatic rings. The van der Waals surface area contributed by atoms with Crippen LogP contribution in [-0.4, -0.2) is 10.5 Å². The Kier molecular flexibility index (Phi) is 3.84. The summed E-state index contributed by atoms with van der Waals surface area (Å²) in [6, 6.07) is 6.03. The number of halogens is 1. The zero-order chi connectivity index (χ0) is 13.0. The molecule has 5 heteroatoms. The van der Waals surface area contributed by atoms with E-state index in [1.54, 1.807) is 22.8 Å². The van der Waals surface area contributed by atoms with Crippen molar-refractivity contribution < 1.29 is 9.18 Å². The Morgan fingerprint density at radius 3 is 3.00 bits per heavy atom. The first-order chi connectivity index (χ1) is 8.65. The first kappa shape index (κ1) is 12.4. The molecule has 3 nitrogen and oxygen atoms in total. The largest absolute Gasteiger partial charge is 0.327 e. The summed E-state index contributed by atoms with van der Waals surface area (Å²) >= 11 is 1.38. The van der Waals surface area contributed by atoms with Crippen LogP contribution >= 0.6 is 11.3 Å². The molecular formula is C13H11FN2OS. The van der Waals surface area contributed by atoms with E-state index in [1.165, 1.54) is 29.5 Å². The van der Waals surface area contributed by atoms with Gasteiger partial charge in [0.15, 0.2) is 4.80 Å². The molecule has 0 aliphatic heterocycles. The van der Waals surface area contributed by atoms with Crippen molar-refractivity contribution in [2.45, 2.75) is 0 Å². The Labute approximate surface area is 108 Å². The molecule has 18 heavy (non-hydrogen) atoms. The van der Waals surface area contributed by atoms with E-state index in [0.29, 0.717) is 10.4 Å². The molecule has 0 atom stereocenters. The molecule has 0 N–H and O–H groups in total. The predicted octanol–water partition coefficient (Wildman–Crippen LogP) is 2.37. The third-order valence-electron chi connectivity index (χ3n) is 2.23. The van der Waals surface area contributed by atoms with Crippen LogP contribution in [0.2, 0.25) is 0 Å². The number of hydrogen-bond acceptors (Lipinski definition) is 2. The highest BCUT2D eigenvalue weighted by molar-refractivity contribution is 7.07. The smallest absolute Gasteiger partial charge is 0.272 e. The van der Waals surface area contributed by atoms with Crippen LogP contribution in [0.15, 0.2) is 46.9 Å². The number of thiazole rings is 1. The lowest BCUT2D eigenvalue weighted by molar-refractivity contribution is -0.113. The number of carbonyl (C=O) groups is 1. The molecular weight excluding hydrogens is 251 g/mol. The van der Waals surface area contributed by atoms with Gasteiger partial charge in [0.2, 0.25) is 0 Å². The lowest BCUT2D eigenvalue weighted by atomic mass is 10.2. The van der Waals surface area contributed by atoms with Crippen molar-refractivity contribution in [2.24, 2.45) is 12.0 Å². The van der Waals surface area contributed by atoms with Crippen LogP contribution in [0.3, 0.4) is 0 Å². The maximum absolute atomic E-state index is 12.9. The van der Waals surface area contributed by atoms with Gasteiger partial charge >= 0.3 is 0 Å². The van der Waals surface area contributed by atoms with Gasteiger partial charge in [0, 0.05) is 24.7 Å². The average molecular weight is 262 g/mol. The van der Waals surface area contributed by atoms with Crippen LogP contribution in [0.4, 0.5) is 4.39 Å². The monoisotopic (exact) mass is 262 g/mol. The number of aryl methyl sites for hydroxylation is 1. The zero-order valence-electron chi connectivity index (χ0n) is 9.71. The number of amides is 1. The number of hydrogen-bond donors (Lipinski definition) is 0. The molecule has 1 amide bonds. The predicted molar refractivity (Wildman–Crippen MR) is 69.3 cm³/mol. The van der Waals surface area contributed by atoms with Crippen LogP contribution in [-0.2, 0) is 11.8 Å². The quantitative estimate of drug-likeness (QED) is 0.765. The fourth-order valence-electron chi connectivity index (χ4n) is 1.34. The highest BCUT2D eigenvalue weighted by atomic mass is 32.1. The molecule has 0 spiro atoms. The Hall–Kier alpha value is -2.01. The summed E-state index contributed by atoms with van der Waals surface area (Å²) in [5, 5.41) is 1.85. The molecule has 1 heterocycles. The van der Waals surface area contributed by atoms with Gasteiger partial charge in [0.25, 0.3) is 5.91 Å². The minimum Gasteiger partial charge on any atom is -0.327 e. The van der Waals surface area contributed by atoms with Gasteiger partial charge in [-0.15, -0.1) is 11.3 Å². The Morgan fingerprint density at radius 1 is 1.50 bits per heavy atom. The number of nitrogens with zero attached hydrogens (tertiary/aromatic N) is 2. The highest BCUT2D eigenvalue weighted by Gasteiger charge is 1.95. The van der Waals surface area contributed by atoms with Crippen LogP contribution in [0.5, 0.6) is 0 Å². The number of aromatic nitrogens is 1. The van der Waals surface area contributed by atoms with E-state index in [2.05, 4.69) is 4.99 Å². The second-order valence-electron chi connectivity index (χ2n) is 3.63. The molecule has 0 radical (unpaired) electrons. The standard InChI is InChI=1S/C13H11FN2OS/c1-16-7-8-18-13(16)15-12(17)6-5-10-3-2-4-11(14)9-10/h2-9H,1H3/b6-5+,15-13?. The molecule has 92 valence electrons. The molecule has 0 saturated carbocycles. The summed E-state index contributed by atoms with van der Waals surface area (Å²) in [5.41, 5.74) is 0.633. The van der Waals surface area contributed by atoms with Crippen molar-refractivity contribution in [1.82, 2.24) is 4.57 Å². The Balaban J connectivity index is 2.16. The van der Waals surface area contributed by atoms with E-state index >= 15 is 0 Å². The summed E-state index contributed by atoms with van der Waals surface area (Å²) in [6.45, 7) is 0. The minimum absolute atomic E-state index is 0.328. The van der Waals surface area contributed by atoms with Crippen molar-refractivity contribution in [3.63, 3.8) is 0 Å². The first-order valence-electron chi connectivity index (χ1n) is 5.27. The van der Waals surface area contributed by atoms with Crippen molar-refractivity contribution in [2.75, 3.05) is 0 Å². The third kappa shape index (κ3) is 3.24. The van der Waals surface area contributed by atoms with Crippen LogP contribution < -0.4 is 4.80 Å². The van der Waals surface area contributed by atoms with Gasteiger partial charge in [-0.05, 0) is 23.8 Å². The Bertz CT molecular complexity index is 655. The highest BCUT2D eigenvalue weighted by Crippen LogP contribution is 2.05. The molecule has 0 saturated heterocycles. The van der Waals surface area contributed by atoms with Crippen LogP contribution in [0.25, 0.3) is 6.08 Å². The number of rotatable bonds is 2. The van der Waals surface area contributed by atoms with Gasteiger partial charge in [-0.25, -0.2) is 4.39 Å². The lowest BCUT2D eigenvalue weighted by Gasteiger charge is -1.92. The first-order valence-corrected chi connectivity index (χ1v) is 6.15. The van der Waals surface area contributed by atoms with E-state index in [9.17, 15) is 9.18 Å². The summed E-state index contributed by atoms with van der Waals surface area (Å²) in [6.07, 6.45) is 4.70. The normalized spacial score (nSPS) is 12.2. The molecule has 0 aliphatic rings. The fourth-order valence-corrected chi connectivity index (χ4v) is 2.08. The van der Waals surface area contributed by atoms with Gasteiger partial charge < -0.3 is 4.57 Å². The van der Waals surface area contributed by atoms with Gasteiger partial charge in [-0.2, -0.15) is 4.99 Å². The molecule has 0 bridgehead atoms. The number of benzene rings is 1. The van der Waals surface area contributed by atoms with Gasteiger partial charge in [0.05, 0.1) is 0 Å². The molecule has 1 aromatic heterocycles. The average Bonchev–Trinajstić information content (AvgIpc) is 2.73. The summed E-state index contributed by atoms with van der Waals surface area (Å²) in [7, 11) is 1.82. The lowest BCUT2D eigenvalue weighted by Crippen LogP contribution is -2.11. The molecule has 0 unspecified atom stereocenters.